The van der Waals surface area contributed by atoms with E-state index in [-0.39, 0.29) is 12.5 Å². The van der Waals surface area contributed by atoms with Crippen LogP contribution in [0.2, 0.25) is 0 Å². The Morgan fingerprint density at radius 1 is 1.18 bits per heavy atom. The van der Waals surface area contributed by atoms with Gasteiger partial charge in [0.1, 0.15) is 23.1 Å². The second kappa shape index (κ2) is 9.43. The fourth-order valence-electron chi connectivity index (χ4n) is 4.71. The molecule has 38 heavy (non-hydrogen) atoms. The normalized spacial score (nSPS) is 18.9. The highest BCUT2D eigenvalue weighted by atomic mass is 19.1. The first-order chi connectivity index (χ1) is 18.4. The topological polar surface area (TPSA) is 117 Å². The van der Waals surface area contributed by atoms with Crippen LogP contribution in [0, 0.1) is 11.3 Å². The van der Waals surface area contributed by atoms with Gasteiger partial charge in [-0.15, -0.1) is 0 Å². The van der Waals surface area contributed by atoms with Gasteiger partial charge in [0, 0.05) is 17.1 Å². The zero-order valence-electron chi connectivity index (χ0n) is 20.7. The van der Waals surface area contributed by atoms with Crippen molar-refractivity contribution in [3.05, 3.63) is 77.4 Å². The molecule has 1 atom stereocenters. The molecule has 3 aromatic heterocycles. The number of ether oxygens (including phenoxy) is 1. The summed E-state index contributed by atoms with van der Waals surface area (Å²) in [6.07, 6.45) is 4.15. The quantitative estimate of drug-likeness (QED) is 0.435. The van der Waals surface area contributed by atoms with Crippen LogP contribution in [-0.2, 0) is 23.3 Å². The number of fused-ring (bicyclic) bond motifs is 2. The van der Waals surface area contributed by atoms with E-state index in [1.807, 2.05) is 36.1 Å². The van der Waals surface area contributed by atoms with Crippen LogP contribution in [0.15, 0.2) is 55.0 Å². The number of alkyl halides is 1. The molecule has 10 heteroatoms. The molecule has 0 saturated carbocycles. The zero-order chi connectivity index (χ0) is 26.3. The number of carbonyl (C=O) groups excluding carboxylic acids is 1. The highest BCUT2D eigenvalue weighted by Gasteiger charge is 2.33. The Bertz CT molecular complexity index is 1600. The molecular formula is C28H24FN7O2. The minimum atomic E-state index is -0.828. The number of pyridine rings is 2. The van der Waals surface area contributed by atoms with Gasteiger partial charge in [-0.05, 0) is 48.4 Å². The summed E-state index contributed by atoms with van der Waals surface area (Å²) in [5.74, 6) is 0.373. The first-order valence-electron chi connectivity index (χ1n) is 12.3. The molecule has 2 aliphatic heterocycles. The molecule has 9 nitrogen and oxygen atoms in total. The van der Waals surface area contributed by atoms with E-state index in [1.165, 1.54) is 0 Å². The molecule has 1 N–H and O–H groups in total. The van der Waals surface area contributed by atoms with E-state index in [0.29, 0.717) is 60.3 Å². The van der Waals surface area contributed by atoms with E-state index in [0.717, 1.165) is 16.5 Å². The second-order valence-corrected chi connectivity index (χ2v) is 9.82. The molecule has 1 saturated heterocycles. The minimum absolute atomic E-state index is 0.213. The maximum Gasteiger partial charge on any atom is 0.251 e. The zero-order valence-corrected chi connectivity index (χ0v) is 20.7. The number of nitrogens with zero attached hydrogens (tertiary/aromatic N) is 6. The van der Waals surface area contributed by atoms with E-state index in [1.54, 1.807) is 30.7 Å². The highest BCUT2D eigenvalue weighted by Crippen LogP contribution is 2.32. The van der Waals surface area contributed by atoms with E-state index in [2.05, 4.69) is 26.3 Å². The number of rotatable bonds is 5. The van der Waals surface area contributed by atoms with Crippen LogP contribution in [0.1, 0.15) is 34.1 Å². The van der Waals surface area contributed by atoms with Gasteiger partial charge in [0.05, 0.1) is 68.2 Å². The number of aromatic nitrogens is 4. The number of halogens is 1. The fraction of sp³-hybridized carbons (Fsp3) is 0.286. The molecule has 6 rings (SSSR count). The molecule has 0 aliphatic carbocycles. The van der Waals surface area contributed by atoms with Gasteiger partial charge in [-0.1, -0.05) is 6.07 Å². The predicted molar refractivity (Wildman–Crippen MR) is 138 cm³/mol. The van der Waals surface area contributed by atoms with Crippen LogP contribution >= 0.6 is 0 Å². The molecule has 190 valence electrons. The van der Waals surface area contributed by atoms with Gasteiger partial charge in [-0.3, -0.25) is 14.8 Å². The van der Waals surface area contributed by atoms with Gasteiger partial charge < -0.3 is 15.0 Å². The predicted octanol–water partition coefficient (Wildman–Crippen LogP) is 3.49. The van der Waals surface area contributed by atoms with E-state index in [4.69, 9.17) is 9.72 Å². The summed E-state index contributed by atoms with van der Waals surface area (Å²) in [6, 6.07) is 13.3. The van der Waals surface area contributed by atoms with Crippen molar-refractivity contribution in [3.63, 3.8) is 0 Å². The molecule has 0 spiro atoms. The van der Waals surface area contributed by atoms with Crippen LogP contribution in [-0.4, -0.2) is 51.7 Å². The maximum atomic E-state index is 13.3. The van der Waals surface area contributed by atoms with E-state index in [9.17, 15) is 14.4 Å². The summed E-state index contributed by atoms with van der Waals surface area (Å²) in [5, 5.41) is 13.4. The van der Waals surface area contributed by atoms with Crippen LogP contribution < -0.4 is 10.2 Å². The minimum Gasteiger partial charge on any atom is -0.375 e. The Morgan fingerprint density at radius 2 is 2.05 bits per heavy atom. The molecule has 1 aromatic carbocycles. The van der Waals surface area contributed by atoms with Crippen molar-refractivity contribution < 1.29 is 13.9 Å². The van der Waals surface area contributed by atoms with Gasteiger partial charge in [0.15, 0.2) is 0 Å². The third-order valence-corrected chi connectivity index (χ3v) is 6.97. The number of anilines is 1. The Morgan fingerprint density at radius 3 is 2.87 bits per heavy atom. The number of hydrogen-bond donors (Lipinski definition) is 1. The lowest BCUT2D eigenvalue weighted by molar-refractivity contribution is 0.0757. The summed E-state index contributed by atoms with van der Waals surface area (Å²) < 4.78 is 18.8. The monoisotopic (exact) mass is 509 g/mol. The standard InChI is InChI=1S/C28H24FN7O2/c1-28(15-30)16-38-14-19-3-2-17(6-22(19)28)27(37)33-9-21-7-24-18(8-32-21)4-5-23(34-24)25-10-31-11-26(35-25)36-12-20(29)13-36/h2-8,10-11,20H,9,12-14,16H2,1H3,(H,33,37)/t28-/m1/s1. The van der Waals surface area contributed by atoms with Crippen molar-refractivity contribution in [2.45, 2.75) is 31.7 Å². The summed E-state index contributed by atoms with van der Waals surface area (Å²) in [4.78, 5) is 32.8. The number of nitrogens with one attached hydrogen (secondary N) is 1. The van der Waals surface area contributed by atoms with E-state index >= 15 is 0 Å². The smallest absolute Gasteiger partial charge is 0.251 e. The average molecular weight is 510 g/mol. The molecule has 2 aliphatic rings. The number of carbonyl (C=O) groups is 1. The van der Waals surface area contributed by atoms with Gasteiger partial charge in [-0.2, -0.15) is 5.26 Å². The molecule has 0 radical (unpaired) electrons. The Hall–Kier alpha value is -4.49. The Kier molecular flexibility index (Phi) is 5.93. The van der Waals surface area contributed by atoms with Gasteiger partial charge in [0.2, 0.25) is 0 Å². The lowest BCUT2D eigenvalue weighted by Gasteiger charge is -2.35. The summed E-state index contributed by atoms with van der Waals surface area (Å²) >= 11 is 0. The molecule has 0 unspecified atom stereocenters. The molecular weight excluding hydrogens is 485 g/mol. The lowest BCUT2D eigenvalue weighted by atomic mass is 9.79. The van der Waals surface area contributed by atoms with Crippen molar-refractivity contribution in [2.75, 3.05) is 24.6 Å². The van der Waals surface area contributed by atoms with Gasteiger partial charge in [-0.25, -0.2) is 14.4 Å². The first-order valence-corrected chi connectivity index (χ1v) is 12.3. The molecule has 0 bridgehead atoms. The van der Waals surface area contributed by atoms with Gasteiger partial charge >= 0.3 is 0 Å². The van der Waals surface area contributed by atoms with Crippen molar-refractivity contribution in [1.82, 2.24) is 25.3 Å². The first kappa shape index (κ1) is 23.9. The third-order valence-electron chi connectivity index (χ3n) is 6.97. The average Bonchev–Trinajstić information content (AvgIpc) is 2.94. The molecule has 4 aromatic rings. The molecule has 1 amide bonds. The second-order valence-electron chi connectivity index (χ2n) is 9.82. The van der Waals surface area contributed by atoms with Crippen LogP contribution in [0.5, 0.6) is 0 Å². The van der Waals surface area contributed by atoms with Crippen molar-refractivity contribution in [3.8, 4) is 17.5 Å². The third kappa shape index (κ3) is 4.41. The van der Waals surface area contributed by atoms with Crippen molar-refractivity contribution in [2.24, 2.45) is 0 Å². The summed E-state index contributed by atoms with van der Waals surface area (Å²) in [6.45, 7) is 3.40. The van der Waals surface area contributed by atoms with Crippen molar-refractivity contribution in [1.29, 1.82) is 5.26 Å². The van der Waals surface area contributed by atoms with Crippen LogP contribution in [0.3, 0.4) is 0 Å². The highest BCUT2D eigenvalue weighted by molar-refractivity contribution is 5.94. The fourth-order valence-corrected chi connectivity index (χ4v) is 4.71. The van der Waals surface area contributed by atoms with Crippen LogP contribution in [0.25, 0.3) is 22.3 Å². The number of amides is 1. The largest absolute Gasteiger partial charge is 0.375 e. The SMILES string of the molecule is C[C@@]1(C#N)COCc2ccc(C(=O)NCc3cc4nc(-c5cncc(N6CC(F)C6)n5)ccc4cn3)cc21. The lowest BCUT2D eigenvalue weighted by Crippen LogP contribution is -2.48. The van der Waals surface area contributed by atoms with Crippen molar-refractivity contribution >= 4 is 22.6 Å². The Labute approximate surface area is 218 Å². The maximum absolute atomic E-state index is 13.3. The number of benzene rings is 1. The molecule has 1 fully saturated rings. The number of hydrogen-bond acceptors (Lipinski definition) is 8. The van der Waals surface area contributed by atoms with Crippen LogP contribution in [0.4, 0.5) is 10.2 Å². The number of nitriles is 1. The van der Waals surface area contributed by atoms with Gasteiger partial charge in [0.25, 0.3) is 5.91 Å². The summed E-state index contributed by atoms with van der Waals surface area (Å²) in [7, 11) is 0. The van der Waals surface area contributed by atoms with E-state index < -0.39 is 11.6 Å². The summed E-state index contributed by atoms with van der Waals surface area (Å²) in [5.41, 5.74) is 4.03. The molecule has 5 heterocycles. The Balaban J connectivity index is 1.19.